The Bertz CT molecular complexity index is 1240. The van der Waals surface area contributed by atoms with E-state index in [-0.39, 0.29) is 0 Å². The number of nitrogens with two attached hydrogens (primary N) is 1. The zero-order valence-corrected chi connectivity index (χ0v) is 14.1. The van der Waals surface area contributed by atoms with Crippen LogP contribution in [0.4, 0.5) is 5.69 Å². The number of pyridine rings is 1. The number of rotatable bonds is 2. The van der Waals surface area contributed by atoms with Crippen LogP contribution in [0, 0.1) is 0 Å². The summed E-state index contributed by atoms with van der Waals surface area (Å²) in [5.74, 6) is 0. The highest BCUT2D eigenvalue weighted by atomic mass is 14.7. The molecule has 5 aromatic rings. The highest BCUT2D eigenvalue weighted by Crippen LogP contribution is 2.38. The molecule has 3 aromatic carbocycles. The van der Waals surface area contributed by atoms with Crippen molar-refractivity contribution in [1.82, 2.24) is 9.97 Å². The predicted molar refractivity (Wildman–Crippen MR) is 109 cm³/mol. The van der Waals surface area contributed by atoms with Crippen LogP contribution in [-0.4, -0.2) is 9.97 Å². The van der Waals surface area contributed by atoms with Crippen LogP contribution in [0.3, 0.4) is 0 Å². The molecular formula is C23H17N3. The summed E-state index contributed by atoms with van der Waals surface area (Å²) in [6.45, 7) is 0. The molecule has 0 amide bonds. The van der Waals surface area contributed by atoms with Gasteiger partial charge in [0.15, 0.2) is 0 Å². The smallest absolute Gasteiger partial charge is 0.0702 e. The molecule has 3 N–H and O–H groups in total. The molecule has 0 aliphatic carbocycles. The highest BCUT2D eigenvalue weighted by Gasteiger charge is 2.13. The third-order valence-corrected chi connectivity index (χ3v) is 4.83. The SMILES string of the molecule is Nc1ccc2c([nH]c3ccccc32)c1-c1cccc(-c2ccccn2)c1. The standard InChI is InChI=1S/C23H17N3/c24-19-12-11-18-17-8-1-2-10-21(17)26-23(18)22(19)16-7-5-6-15(14-16)20-9-3-4-13-25-20/h1-14,26H,24H2. The van der Waals surface area contributed by atoms with E-state index < -0.39 is 0 Å². The molecule has 0 unspecified atom stereocenters. The van der Waals surface area contributed by atoms with Crippen molar-refractivity contribution in [2.75, 3.05) is 5.73 Å². The first-order chi connectivity index (χ1) is 12.8. The molecule has 0 aliphatic rings. The monoisotopic (exact) mass is 335 g/mol. The summed E-state index contributed by atoms with van der Waals surface area (Å²) < 4.78 is 0. The van der Waals surface area contributed by atoms with Crippen molar-refractivity contribution < 1.29 is 0 Å². The summed E-state index contributed by atoms with van der Waals surface area (Å²) in [5.41, 5.74) is 13.5. The molecule has 0 aliphatic heterocycles. The van der Waals surface area contributed by atoms with Gasteiger partial charge >= 0.3 is 0 Å². The Hall–Kier alpha value is -3.59. The fraction of sp³-hybridized carbons (Fsp3) is 0. The Morgan fingerprint density at radius 2 is 1.58 bits per heavy atom. The largest absolute Gasteiger partial charge is 0.398 e. The number of nitrogens with zero attached hydrogens (tertiary/aromatic N) is 1. The van der Waals surface area contributed by atoms with Gasteiger partial charge in [0.05, 0.1) is 11.2 Å². The van der Waals surface area contributed by atoms with Gasteiger partial charge in [0.1, 0.15) is 0 Å². The molecule has 0 spiro atoms. The van der Waals surface area contributed by atoms with Gasteiger partial charge < -0.3 is 10.7 Å². The van der Waals surface area contributed by atoms with Gasteiger partial charge in [-0.3, -0.25) is 4.98 Å². The molecular weight excluding hydrogens is 318 g/mol. The summed E-state index contributed by atoms with van der Waals surface area (Å²) in [4.78, 5) is 8.01. The third-order valence-electron chi connectivity index (χ3n) is 4.83. The second-order valence-corrected chi connectivity index (χ2v) is 6.42. The van der Waals surface area contributed by atoms with Crippen molar-refractivity contribution in [3.63, 3.8) is 0 Å². The van der Waals surface area contributed by atoms with E-state index in [1.807, 2.05) is 36.5 Å². The lowest BCUT2D eigenvalue weighted by molar-refractivity contribution is 1.33. The van der Waals surface area contributed by atoms with Crippen LogP contribution >= 0.6 is 0 Å². The second-order valence-electron chi connectivity index (χ2n) is 6.42. The van der Waals surface area contributed by atoms with E-state index in [0.717, 1.165) is 39.1 Å². The fourth-order valence-electron chi connectivity index (χ4n) is 3.61. The number of H-pyrrole nitrogens is 1. The molecule has 2 heterocycles. The zero-order chi connectivity index (χ0) is 17.5. The van der Waals surface area contributed by atoms with E-state index in [0.29, 0.717) is 0 Å². The molecule has 5 rings (SSSR count). The highest BCUT2D eigenvalue weighted by molar-refractivity contribution is 6.14. The van der Waals surface area contributed by atoms with Gasteiger partial charge in [-0.1, -0.05) is 48.5 Å². The molecule has 0 saturated carbocycles. The Balaban J connectivity index is 1.78. The van der Waals surface area contributed by atoms with Crippen LogP contribution < -0.4 is 5.73 Å². The topological polar surface area (TPSA) is 54.7 Å². The minimum absolute atomic E-state index is 0.766. The Morgan fingerprint density at radius 1 is 0.731 bits per heavy atom. The van der Waals surface area contributed by atoms with Crippen molar-refractivity contribution in [3.05, 3.63) is 85.1 Å². The second kappa shape index (κ2) is 5.74. The maximum Gasteiger partial charge on any atom is 0.0702 e. The summed E-state index contributed by atoms with van der Waals surface area (Å²) in [7, 11) is 0. The summed E-state index contributed by atoms with van der Waals surface area (Å²) in [5, 5.41) is 2.40. The van der Waals surface area contributed by atoms with Gasteiger partial charge in [-0.25, -0.2) is 0 Å². The van der Waals surface area contributed by atoms with Gasteiger partial charge in [0.2, 0.25) is 0 Å². The molecule has 0 fully saturated rings. The lowest BCUT2D eigenvalue weighted by atomic mass is 9.97. The number of benzene rings is 3. The average molecular weight is 335 g/mol. The van der Waals surface area contributed by atoms with Crippen LogP contribution in [0.5, 0.6) is 0 Å². The number of aromatic nitrogens is 2. The van der Waals surface area contributed by atoms with Crippen molar-refractivity contribution in [3.8, 4) is 22.4 Å². The van der Waals surface area contributed by atoms with Gasteiger partial charge in [-0.2, -0.15) is 0 Å². The summed E-state index contributed by atoms with van der Waals surface area (Å²) in [6.07, 6.45) is 1.81. The summed E-state index contributed by atoms with van der Waals surface area (Å²) in [6, 6.07) is 26.8. The van der Waals surface area contributed by atoms with E-state index in [1.165, 1.54) is 10.8 Å². The number of nitrogen functional groups attached to an aromatic ring is 1. The van der Waals surface area contributed by atoms with E-state index in [1.54, 1.807) is 0 Å². The molecule has 124 valence electrons. The Kier molecular flexibility index (Phi) is 3.25. The number of hydrogen-bond acceptors (Lipinski definition) is 2. The summed E-state index contributed by atoms with van der Waals surface area (Å²) >= 11 is 0. The first-order valence-corrected chi connectivity index (χ1v) is 8.62. The quantitative estimate of drug-likeness (QED) is 0.411. The maximum atomic E-state index is 6.39. The predicted octanol–water partition coefficient (Wildman–Crippen LogP) is 5.63. The molecule has 2 aromatic heterocycles. The van der Waals surface area contributed by atoms with Crippen molar-refractivity contribution in [1.29, 1.82) is 0 Å². The minimum Gasteiger partial charge on any atom is -0.398 e. The first-order valence-electron chi connectivity index (χ1n) is 8.62. The number of anilines is 1. The van der Waals surface area contributed by atoms with E-state index in [2.05, 4.69) is 58.5 Å². The van der Waals surface area contributed by atoms with Crippen LogP contribution in [0.25, 0.3) is 44.2 Å². The minimum atomic E-state index is 0.766. The van der Waals surface area contributed by atoms with Gasteiger partial charge in [-0.05, 0) is 35.9 Å². The average Bonchev–Trinajstić information content (AvgIpc) is 3.07. The number of fused-ring (bicyclic) bond motifs is 3. The molecule has 0 radical (unpaired) electrons. The van der Waals surface area contributed by atoms with Gasteiger partial charge in [0, 0.05) is 39.3 Å². The normalized spacial score (nSPS) is 11.2. The molecule has 0 bridgehead atoms. The van der Waals surface area contributed by atoms with Gasteiger partial charge in [0.25, 0.3) is 0 Å². The molecule has 26 heavy (non-hydrogen) atoms. The number of para-hydroxylation sites is 1. The Labute approximate surface area is 151 Å². The maximum absolute atomic E-state index is 6.39. The zero-order valence-electron chi connectivity index (χ0n) is 14.1. The lowest BCUT2D eigenvalue weighted by Crippen LogP contribution is -1.92. The van der Waals surface area contributed by atoms with E-state index in [4.69, 9.17) is 5.73 Å². The van der Waals surface area contributed by atoms with Gasteiger partial charge in [-0.15, -0.1) is 0 Å². The Morgan fingerprint density at radius 3 is 2.46 bits per heavy atom. The first kappa shape index (κ1) is 14.7. The van der Waals surface area contributed by atoms with Crippen LogP contribution in [-0.2, 0) is 0 Å². The van der Waals surface area contributed by atoms with E-state index in [9.17, 15) is 0 Å². The van der Waals surface area contributed by atoms with Crippen molar-refractivity contribution in [2.24, 2.45) is 0 Å². The van der Waals surface area contributed by atoms with Crippen LogP contribution in [0.2, 0.25) is 0 Å². The fourth-order valence-corrected chi connectivity index (χ4v) is 3.61. The molecule has 3 heteroatoms. The molecule has 3 nitrogen and oxygen atoms in total. The van der Waals surface area contributed by atoms with Crippen LogP contribution in [0.15, 0.2) is 85.1 Å². The molecule has 0 atom stereocenters. The molecule has 0 saturated heterocycles. The number of hydrogen-bond donors (Lipinski definition) is 2. The van der Waals surface area contributed by atoms with Crippen molar-refractivity contribution in [2.45, 2.75) is 0 Å². The van der Waals surface area contributed by atoms with E-state index >= 15 is 0 Å². The lowest BCUT2D eigenvalue weighted by Gasteiger charge is -2.10. The van der Waals surface area contributed by atoms with Crippen LogP contribution in [0.1, 0.15) is 0 Å². The number of nitrogens with one attached hydrogen (secondary N) is 1. The third kappa shape index (κ3) is 2.25. The number of aromatic amines is 1. The van der Waals surface area contributed by atoms with Crippen molar-refractivity contribution >= 4 is 27.5 Å².